The summed E-state index contributed by atoms with van der Waals surface area (Å²) in [4.78, 5) is 19.1. The van der Waals surface area contributed by atoms with E-state index in [0.717, 1.165) is 32.4 Å². The van der Waals surface area contributed by atoms with Gasteiger partial charge in [-0.05, 0) is 86.6 Å². The van der Waals surface area contributed by atoms with Gasteiger partial charge < -0.3 is 10.2 Å². The largest absolute Gasteiger partial charge is 0.371 e. The van der Waals surface area contributed by atoms with E-state index >= 15 is 0 Å². The maximum absolute atomic E-state index is 13.4. The van der Waals surface area contributed by atoms with Crippen molar-refractivity contribution in [2.24, 2.45) is 5.92 Å². The molecule has 0 saturated carbocycles. The van der Waals surface area contributed by atoms with Gasteiger partial charge in [0, 0.05) is 61.3 Å². The Morgan fingerprint density at radius 1 is 1.10 bits per heavy atom. The number of pyridine rings is 1. The van der Waals surface area contributed by atoms with E-state index in [2.05, 4.69) is 27.0 Å². The highest BCUT2D eigenvalue weighted by molar-refractivity contribution is 7.92. The number of hydrogen-bond acceptors (Lipinski definition) is 5. The van der Waals surface area contributed by atoms with E-state index in [9.17, 15) is 13.2 Å². The quantitative estimate of drug-likeness (QED) is 0.411. The van der Waals surface area contributed by atoms with E-state index in [1.54, 1.807) is 50.2 Å². The summed E-state index contributed by atoms with van der Waals surface area (Å²) >= 11 is 6.17. The molecular formula is C30H33ClN4O3S. The van der Waals surface area contributed by atoms with Crippen LogP contribution in [-0.4, -0.2) is 46.0 Å². The summed E-state index contributed by atoms with van der Waals surface area (Å²) in [5.41, 5.74) is 3.28. The maximum atomic E-state index is 13.4. The number of carbonyl (C=O) groups is 1. The number of nitrogens with one attached hydrogen (secondary N) is 1. The molecule has 204 valence electrons. The molecule has 3 aromatic rings. The minimum atomic E-state index is -3.87. The molecule has 1 amide bonds. The van der Waals surface area contributed by atoms with E-state index in [-0.39, 0.29) is 10.8 Å². The molecule has 0 radical (unpaired) electrons. The molecule has 0 spiro atoms. The standard InChI is InChI=1S/C30H33ClN4O3S/c1-22-21-29(23(2)20-27(22)31)39(37,38)34(3)28-7-5-4-6-25(28)8-9-30(36)33-17-10-24-13-18-35(19-14-24)26-11-15-32-16-12-26/h4-7,11-12,15-16,20-21,24H,10,13-14,17-19H2,1-3H3,(H,33,36). The van der Waals surface area contributed by atoms with Crippen molar-refractivity contribution in [2.45, 2.75) is 38.0 Å². The summed E-state index contributed by atoms with van der Waals surface area (Å²) in [5.74, 6) is 5.66. The highest BCUT2D eigenvalue weighted by Crippen LogP contribution is 2.30. The number of carbonyl (C=O) groups excluding carboxylic acids is 1. The Labute approximate surface area is 236 Å². The number of nitrogens with zero attached hydrogens (tertiary/aromatic N) is 3. The maximum Gasteiger partial charge on any atom is 0.296 e. The number of piperidine rings is 1. The van der Waals surface area contributed by atoms with Crippen molar-refractivity contribution in [3.8, 4) is 11.8 Å². The Hall–Kier alpha value is -3.54. The van der Waals surface area contributed by atoms with Crippen LogP contribution in [0.3, 0.4) is 0 Å². The number of amides is 1. The van der Waals surface area contributed by atoms with Crippen molar-refractivity contribution >= 4 is 38.9 Å². The molecule has 1 aromatic heterocycles. The van der Waals surface area contributed by atoms with Crippen LogP contribution in [-0.2, 0) is 14.8 Å². The van der Waals surface area contributed by atoms with E-state index in [1.165, 1.54) is 17.0 Å². The smallest absolute Gasteiger partial charge is 0.296 e. The second-order valence-electron chi connectivity index (χ2n) is 9.79. The first-order chi connectivity index (χ1) is 18.7. The third-order valence-electron chi connectivity index (χ3n) is 7.13. The van der Waals surface area contributed by atoms with Gasteiger partial charge in [-0.1, -0.05) is 29.7 Å². The Morgan fingerprint density at radius 2 is 1.79 bits per heavy atom. The number of aryl methyl sites for hydroxylation is 2. The number of halogens is 1. The SMILES string of the molecule is Cc1cc(S(=O)(=O)N(C)c2ccccc2C#CC(=O)NCCC2CCN(c3ccncc3)CC2)c(C)cc1Cl. The number of aromatic nitrogens is 1. The van der Waals surface area contributed by atoms with Crippen LogP contribution in [0.25, 0.3) is 0 Å². The fourth-order valence-electron chi connectivity index (χ4n) is 4.76. The minimum Gasteiger partial charge on any atom is -0.371 e. The monoisotopic (exact) mass is 564 g/mol. The van der Waals surface area contributed by atoms with Crippen LogP contribution in [0.1, 0.15) is 36.0 Å². The van der Waals surface area contributed by atoms with Gasteiger partial charge in [0.25, 0.3) is 15.9 Å². The highest BCUT2D eigenvalue weighted by atomic mass is 35.5. The zero-order valence-electron chi connectivity index (χ0n) is 22.4. The molecule has 39 heavy (non-hydrogen) atoms. The van der Waals surface area contributed by atoms with Crippen LogP contribution in [0.4, 0.5) is 11.4 Å². The highest BCUT2D eigenvalue weighted by Gasteiger charge is 2.25. The Bertz CT molecular complexity index is 1490. The van der Waals surface area contributed by atoms with Gasteiger partial charge in [-0.2, -0.15) is 0 Å². The average molecular weight is 565 g/mol. The fraction of sp³-hybridized carbons (Fsp3) is 0.333. The molecule has 1 aliphatic heterocycles. The molecule has 2 heterocycles. The Balaban J connectivity index is 1.35. The Kier molecular flexibility index (Phi) is 9.16. The molecule has 1 aliphatic rings. The van der Waals surface area contributed by atoms with Crippen molar-refractivity contribution < 1.29 is 13.2 Å². The molecule has 7 nitrogen and oxygen atoms in total. The van der Waals surface area contributed by atoms with E-state index in [0.29, 0.717) is 39.9 Å². The van der Waals surface area contributed by atoms with Gasteiger partial charge in [-0.25, -0.2) is 8.42 Å². The number of anilines is 2. The molecule has 4 rings (SSSR count). The van der Waals surface area contributed by atoms with E-state index in [4.69, 9.17) is 11.6 Å². The molecule has 0 unspecified atom stereocenters. The molecule has 2 aromatic carbocycles. The first kappa shape index (κ1) is 28.5. The first-order valence-electron chi connectivity index (χ1n) is 13.0. The third kappa shape index (κ3) is 6.92. The zero-order chi connectivity index (χ0) is 28.0. The van der Waals surface area contributed by atoms with Gasteiger partial charge in [-0.3, -0.25) is 14.1 Å². The number of sulfonamides is 1. The van der Waals surface area contributed by atoms with Crippen molar-refractivity contribution in [3.63, 3.8) is 0 Å². The summed E-state index contributed by atoms with van der Waals surface area (Å²) in [6, 6.07) is 14.2. The van der Waals surface area contributed by atoms with Crippen LogP contribution < -0.4 is 14.5 Å². The van der Waals surface area contributed by atoms with Gasteiger partial charge in [0.2, 0.25) is 0 Å². The van der Waals surface area contributed by atoms with Crippen LogP contribution in [0.5, 0.6) is 0 Å². The van der Waals surface area contributed by atoms with Crippen molar-refractivity contribution in [2.75, 3.05) is 35.9 Å². The second-order valence-corrected chi connectivity index (χ2v) is 12.1. The van der Waals surface area contributed by atoms with Gasteiger partial charge in [0.05, 0.1) is 10.6 Å². The number of hydrogen-bond donors (Lipinski definition) is 1. The fourth-order valence-corrected chi connectivity index (χ4v) is 6.48. The first-order valence-corrected chi connectivity index (χ1v) is 14.8. The molecule has 0 aliphatic carbocycles. The topological polar surface area (TPSA) is 82.6 Å². The number of para-hydroxylation sites is 1. The predicted octanol–water partition coefficient (Wildman–Crippen LogP) is 4.95. The van der Waals surface area contributed by atoms with Crippen molar-refractivity contribution in [1.29, 1.82) is 0 Å². The molecule has 9 heteroatoms. The Morgan fingerprint density at radius 3 is 2.51 bits per heavy atom. The lowest BCUT2D eigenvalue weighted by Crippen LogP contribution is -2.35. The molecule has 1 N–H and O–H groups in total. The van der Waals surface area contributed by atoms with Gasteiger partial charge in [-0.15, -0.1) is 0 Å². The van der Waals surface area contributed by atoms with Gasteiger partial charge in [0.15, 0.2) is 0 Å². The molecular weight excluding hydrogens is 532 g/mol. The molecule has 0 atom stereocenters. The van der Waals surface area contributed by atoms with E-state index < -0.39 is 10.0 Å². The lowest BCUT2D eigenvalue weighted by atomic mass is 9.93. The minimum absolute atomic E-state index is 0.180. The van der Waals surface area contributed by atoms with Gasteiger partial charge in [0.1, 0.15) is 0 Å². The van der Waals surface area contributed by atoms with Crippen LogP contribution in [0.15, 0.2) is 65.8 Å². The van der Waals surface area contributed by atoms with Gasteiger partial charge >= 0.3 is 0 Å². The predicted molar refractivity (Wildman–Crippen MR) is 157 cm³/mol. The summed E-state index contributed by atoms with van der Waals surface area (Å²) in [7, 11) is -2.39. The van der Waals surface area contributed by atoms with Crippen molar-refractivity contribution in [1.82, 2.24) is 10.3 Å². The third-order valence-corrected chi connectivity index (χ3v) is 9.45. The summed E-state index contributed by atoms with van der Waals surface area (Å²) in [6.07, 6.45) is 6.67. The van der Waals surface area contributed by atoms with Crippen LogP contribution in [0, 0.1) is 31.6 Å². The van der Waals surface area contributed by atoms with E-state index in [1.807, 2.05) is 24.5 Å². The summed E-state index contributed by atoms with van der Waals surface area (Å²) in [6.45, 7) is 6.02. The lowest BCUT2D eigenvalue weighted by molar-refractivity contribution is -0.115. The molecule has 1 fully saturated rings. The average Bonchev–Trinajstić information content (AvgIpc) is 2.94. The number of rotatable bonds is 7. The summed E-state index contributed by atoms with van der Waals surface area (Å²) < 4.78 is 28.1. The molecule has 0 bridgehead atoms. The number of benzene rings is 2. The van der Waals surface area contributed by atoms with Crippen LogP contribution >= 0.6 is 11.6 Å². The van der Waals surface area contributed by atoms with Crippen LogP contribution in [0.2, 0.25) is 5.02 Å². The van der Waals surface area contributed by atoms with Crippen molar-refractivity contribution in [3.05, 3.63) is 82.6 Å². The molecule has 1 saturated heterocycles. The zero-order valence-corrected chi connectivity index (χ0v) is 24.0. The summed E-state index contributed by atoms with van der Waals surface area (Å²) in [5, 5.41) is 3.40. The normalized spacial score (nSPS) is 13.9. The lowest BCUT2D eigenvalue weighted by Gasteiger charge is -2.33. The second kappa shape index (κ2) is 12.5.